The number of hydrogen-bond donors (Lipinski definition) is 1. The Morgan fingerprint density at radius 2 is 2.12 bits per heavy atom. The van der Waals surface area contributed by atoms with E-state index in [1.54, 1.807) is 12.1 Å². The van der Waals surface area contributed by atoms with E-state index in [2.05, 4.69) is 11.4 Å². The molecular weight excluding hydrogens is 354 g/mol. The van der Waals surface area contributed by atoms with E-state index < -0.39 is 10.8 Å². The van der Waals surface area contributed by atoms with Crippen LogP contribution in [0, 0.1) is 21.4 Å². The van der Waals surface area contributed by atoms with E-state index in [1.165, 1.54) is 37.1 Å². The minimum atomic E-state index is -0.594. The van der Waals surface area contributed by atoms with Crippen LogP contribution in [0.3, 0.4) is 0 Å². The molecule has 0 saturated carbocycles. The predicted molar refractivity (Wildman–Crippen MR) is 99.6 cm³/mol. The zero-order chi connectivity index (χ0) is 19.1. The van der Waals surface area contributed by atoms with E-state index in [0.29, 0.717) is 12.1 Å². The summed E-state index contributed by atoms with van der Waals surface area (Å²) in [6.45, 7) is 1.93. The molecule has 1 amide bonds. The Morgan fingerprint density at radius 3 is 2.77 bits per heavy atom. The third-order valence-electron chi connectivity index (χ3n) is 3.48. The molecule has 0 radical (unpaired) electrons. The summed E-state index contributed by atoms with van der Waals surface area (Å²) in [5.41, 5.74) is 0.471. The fourth-order valence-corrected chi connectivity index (χ4v) is 3.22. The van der Waals surface area contributed by atoms with Crippen LogP contribution in [-0.4, -0.2) is 23.2 Å². The van der Waals surface area contributed by atoms with E-state index in [4.69, 9.17) is 10.00 Å². The van der Waals surface area contributed by atoms with Gasteiger partial charge in [0.25, 0.3) is 5.91 Å². The first-order valence-corrected chi connectivity index (χ1v) is 8.60. The Hall–Kier alpha value is -3.05. The fourth-order valence-electron chi connectivity index (χ4n) is 2.23. The first kappa shape index (κ1) is 19.3. The Morgan fingerprint density at radius 1 is 1.38 bits per heavy atom. The summed E-state index contributed by atoms with van der Waals surface area (Å²) in [5.74, 6) is -0.371. The lowest BCUT2D eigenvalue weighted by Gasteiger charge is -2.13. The van der Waals surface area contributed by atoms with Crippen molar-refractivity contribution in [2.24, 2.45) is 0 Å². The lowest BCUT2D eigenvalue weighted by atomic mass is 10.1. The number of anilines is 1. The molecule has 0 aliphatic carbocycles. The summed E-state index contributed by atoms with van der Waals surface area (Å²) in [7, 11) is 1.33. The van der Waals surface area contributed by atoms with E-state index >= 15 is 0 Å². The Kier molecular flexibility index (Phi) is 6.58. The highest BCUT2D eigenvalue weighted by Gasteiger charge is 2.19. The molecule has 0 spiro atoms. The summed E-state index contributed by atoms with van der Waals surface area (Å²) in [4.78, 5) is 23.9. The van der Waals surface area contributed by atoms with Gasteiger partial charge >= 0.3 is 5.69 Å². The molecule has 7 nitrogen and oxygen atoms in total. The van der Waals surface area contributed by atoms with Crippen LogP contribution in [0.2, 0.25) is 0 Å². The Bertz CT molecular complexity index is 864. The number of nitrogens with zero attached hydrogens (tertiary/aromatic N) is 2. The summed E-state index contributed by atoms with van der Waals surface area (Å²) >= 11 is 1.48. The van der Waals surface area contributed by atoms with E-state index in [1.807, 2.05) is 19.1 Å². The zero-order valence-electron chi connectivity index (χ0n) is 14.3. The number of carbonyl (C=O) groups is 1. The lowest BCUT2D eigenvalue weighted by Crippen LogP contribution is -2.13. The van der Waals surface area contributed by atoms with Gasteiger partial charge in [-0.2, -0.15) is 5.26 Å². The standard InChI is InChI=1S/C18H17N3O4S/c1-12(9-10-19)26-17-6-4-3-5-14(17)20-18(22)13-7-8-16(25-2)15(11-13)21(23)24/h3-8,11-12H,9H2,1-2H3,(H,20,22). The molecule has 0 aliphatic rings. The van der Waals surface area contributed by atoms with Crippen molar-refractivity contribution in [2.45, 2.75) is 23.5 Å². The second-order valence-electron chi connectivity index (χ2n) is 5.38. The molecule has 1 N–H and O–H groups in total. The average Bonchev–Trinajstić information content (AvgIpc) is 2.62. The van der Waals surface area contributed by atoms with Gasteiger partial charge in [0.05, 0.1) is 23.8 Å². The maximum absolute atomic E-state index is 12.5. The Balaban J connectivity index is 2.24. The van der Waals surface area contributed by atoms with Gasteiger partial charge < -0.3 is 10.1 Å². The molecule has 0 aliphatic heterocycles. The summed E-state index contributed by atoms with van der Waals surface area (Å²) in [6.07, 6.45) is 0.387. The molecule has 2 aromatic carbocycles. The highest BCUT2D eigenvalue weighted by Crippen LogP contribution is 2.32. The number of thioether (sulfide) groups is 1. The van der Waals surface area contributed by atoms with Gasteiger partial charge in [-0.3, -0.25) is 14.9 Å². The van der Waals surface area contributed by atoms with Crippen LogP contribution in [0.15, 0.2) is 47.4 Å². The van der Waals surface area contributed by atoms with Crippen molar-refractivity contribution in [1.29, 1.82) is 5.26 Å². The molecular formula is C18H17N3O4S. The number of nitrogens with one attached hydrogen (secondary N) is 1. The van der Waals surface area contributed by atoms with Gasteiger partial charge in [-0.25, -0.2) is 0 Å². The molecule has 0 heterocycles. The number of benzene rings is 2. The molecule has 0 bridgehead atoms. The highest BCUT2D eigenvalue weighted by molar-refractivity contribution is 8.00. The number of nitriles is 1. The monoisotopic (exact) mass is 371 g/mol. The number of hydrogen-bond acceptors (Lipinski definition) is 6. The average molecular weight is 371 g/mol. The normalized spacial score (nSPS) is 11.3. The third kappa shape index (κ3) is 4.74. The molecule has 1 atom stereocenters. The minimum Gasteiger partial charge on any atom is -0.490 e. The number of nitro groups is 1. The quantitative estimate of drug-likeness (QED) is 0.443. The fraction of sp³-hybridized carbons (Fsp3) is 0.222. The van der Waals surface area contributed by atoms with Gasteiger partial charge in [0.1, 0.15) is 0 Å². The topological polar surface area (TPSA) is 105 Å². The van der Waals surface area contributed by atoms with Crippen molar-refractivity contribution < 1.29 is 14.5 Å². The number of nitro benzene ring substituents is 1. The molecule has 26 heavy (non-hydrogen) atoms. The molecule has 0 fully saturated rings. The number of ether oxygens (including phenoxy) is 1. The first-order chi connectivity index (χ1) is 12.5. The van der Waals surface area contributed by atoms with Gasteiger partial charge in [0.15, 0.2) is 5.75 Å². The lowest BCUT2D eigenvalue weighted by molar-refractivity contribution is -0.385. The van der Waals surface area contributed by atoms with Crippen LogP contribution in [0.1, 0.15) is 23.7 Å². The van der Waals surface area contributed by atoms with E-state index in [9.17, 15) is 14.9 Å². The second kappa shape index (κ2) is 8.87. The van der Waals surface area contributed by atoms with Crippen LogP contribution >= 0.6 is 11.8 Å². The van der Waals surface area contributed by atoms with Gasteiger partial charge in [0, 0.05) is 28.2 Å². The number of methoxy groups -OCH3 is 1. The van der Waals surface area contributed by atoms with Crippen molar-refractivity contribution >= 4 is 29.0 Å². The van der Waals surface area contributed by atoms with Crippen LogP contribution in [0.25, 0.3) is 0 Å². The number of para-hydroxylation sites is 1. The van der Waals surface area contributed by atoms with Gasteiger partial charge in [-0.15, -0.1) is 11.8 Å². The van der Waals surface area contributed by atoms with Crippen molar-refractivity contribution in [2.75, 3.05) is 12.4 Å². The van der Waals surface area contributed by atoms with Crippen molar-refractivity contribution in [3.05, 3.63) is 58.1 Å². The number of amides is 1. The van der Waals surface area contributed by atoms with Crippen molar-refractivity contribution in [3.8, 4) is 11.8 Å². The van der Waals surface area contributed by atoms with Crippen molar-refractivity contribution in [1.82, 2.24) is 0 Å². The van der Waals surface area contributed by atoms with Crippen LogP contribution in [0.5, 0.6) is 5.75 Å². The van der Waals surface area contributed by atoms with E-state index in [0.717, 1.165) is 4.90 Å². The largest absolute Gasteiger partial charge is 0.490 e. The summed E-state index contributed by atoms with van der Waals surface area (Å²) < 4.78 is 4.94. The zero-order valence-corrected chi connectivity index (χ0v) is 15.1. The summed E-state index contributed by atoms with van der Waals surface area (Å²) in [5, 5.41) is 22.7. The maximum Gasteiger partial charge on any atom is 0.311 e. The van der Waals surface area contributed by atoms with Crippen molar-refractivity contribution in [3.63, 3.8) is 0 Å². The molecule has 2 rings (SSSR count). The van der Waals surface area contributed by atoms with Gasteiger partial charge in [-0.1, -0.05) is 19.1 Å². The number of rotatable bonds is 7. The second-order valence-corrected chi connectivity index (χ2v) is 6.86. The molecule has 134 valence electrons. The number of carbonyl (C=O) groups excluding carboxylic acids is 1. The SMILES string of the molecule is COc1ccc(C(=O)Nc2ccccc2SC(C)CC#N)cc1[N+](=O)[O-]. The molecule has 0 saturated heterocycles. The highest BCUT2D eigenvalue weighted by atomic mass is 32.2. The third-order valence-corrected chi connectivity index (χ3v) is 4.66. The molecule has 0 aromatic heterocycles. The molecule has 8 heteroatoms. The van der Waals surface area contributed by atoms with E-state index in [-0.39, 0.29) is 22.3 Å². The smallest absolute Gasteiger partial charge is 0.311 e. The molecule has 2 aromatic rings. The van der Waals surface area contributed by atoms with Crippen LogP contribution < -0.4 is 10.1 Å². The van der Waals surface area contributed by atoms with Crippen LogP contribution in [0.4, 0.5) is 11.4 Å². The van der Waals surface area contributed by atoms with Crippen LogP contribution in [-0.2, 0) is 0 Å². The maximum atomic E-state index is 12.5. The van der Waals surface area contributed by atoms with Gasteiger partial charge in [0.2, 0.25) is 0 Å². The Labute approximate surface area is 155 Å². The molecule has 1 unspecified atom stereocenters. The predicted octanol–water partition coefficient (Wildman–Crippen LogP) is 4.25. The van der Waals surface area contributed by atoms with Gasteiger partial charge in [-0.05, 0) is 24.3 Å². The summed E-state index contributed by atoms with van der Waals surface area (Å²) in [6, 6.07) is 13.4. The minimum absolute atomic E-state index is 0.0696. The first-order valence-electron chi connectivity index (χ1n) is 7.72.